The molecule has 2 heterocycles. The molecule has 1 N–H and O–H groups in total. The van der Waals surface area contributed by atoms with Crippen molar-refractivity contribution < 1.29 is 9.84 Å². The Labute approximate surface area is 81.1 Å². The van der Waals surface area contributed by atoms with Crippen molar-refractivity contribution in [1.82, 2.24) is 9.55 Å². The van der Waals surface area contributed by atoms with E-state index in [2.05, 4.69) is 4.98 Å². The summed E-state index contributed by atoms with van der Waals surface area (Å²) in [5.74, 6) is 0.00463. The van der Waals surface area contributed by atoms with Crippen molar-refractivity contribution >= 4 is 11.6 Å². The van der Waals surface area contributed by atoms with Crippen LogP contribution in [0.25, 0.3) is 0 Å². The third-order valence-electron chi connectivity index (χ3n) is 2.40. The molecule has 13 heavy (non-hydrogen) atoms. The van der Waals surface area contributed by atoms with Gasteiger partial charge in [-0.1, -0.05) is 0 Å². The molecule has 1 saturated heterocycles. The van der Waals surface area contributed by atoms with Crippen LogP contribution in [0.2, 0.25) is 5.28 Å². The Hall–Kier alpha value is -0.580. The summed E-state index contributed by atoms with van der Waals surface area (Å²) in [6, 6.07) is 0. The van der Waals surface area contributed by atoms with Crippen molar-refractivity contribution in [3.63, 3.8) is 0 Å². The van der Waals surface area contributed by atoms with Crippen LogP contribution in [0, 0.1) is 0 Å². The molecule has 2 rings (SSSR count). The number of rotatable bonds is 1. The van der Waals surface area contributed by atoms with E-state index in [0.717, 1.165) is 5.69 Å². The van der Waals surface area contributed by atoms with Crippen LogP contribution in [0.4, 0.5) is 0 Å². The largest absolute Gasteiger partial charge is 0.390 e. The van der Waals surface area contributed by atoms with Gasteiger partial charge in [0.15, 0.2) is 0 Å². The topological polar surface area (TPSA) is 47.3 Å². The fourth-order valence-electron chi connectivity index (χ4n) is 1.57. The maximum atomic E-state index is 9.57. The summed E-state index contributed by atoms with van der Waals surface area (Å²) >= 11 is 5.78. The maximum Gasteiger partial charge on any atom is 0.202 e. The van der Waals surface area contributed by atoms with Gasteiger partial charge in [0.1, 0.15) is 0 Å². The van der Waals surface area contributed by atoms with Crippen LogP contribution < -0.4 is 0 Å². The molecule has 1 fully saturated rings. The number of aromatic nitrogens is 2. The average molecular weight is 203 g/mol. The highest BCUT2D eigenvalue weighted by molar-refractivity contribution is 6.28. The van der Waals surface area contributed by atoms with Gasteiger partial charge in [0.2, 0.25) is 5.28 Å². The molecule has 0 amide bonds. The average Bonchev–Trinajstić information content (AvgIpc) is 2.62. The number of aliphatic hydroxyl groups is 1. The SMILES string of the molecule is Cn1c([C@@H]2COC[C@H]2O)cnc1Cl. The van der Waals surface area contributed by atoms with Crippen LogP contribution in [0.15, 0.2) is 6.20 Å². The Kier molecular flexibility index (Phi) is 2.27. The number of aliphatic hydroxyl groups excluding tert-OH is 1. The third kappa shape index (κ3) is 1.45. The Morgan fingerprint density at radius 2 is 2.46 bits per heavy atom. The van der Waals surface area contributed by atoms with E-state index in [1.54, 1.807) is 10.8 Å². The zero-order valence-electron chi connectivity index (χ0n) is 7.27. The highest BCUT2D eigenvalue weighted by Crippen LogP contribution is 2.26. The van der Waals surface area contributed by atoms with Crippen LogP contribution in [-0.4, -0.2) is 34.0 Å². The van der Waals surface area contributed by atoms with Gasteiger partial charge >= 0.3 is 0 Å². The van der Waals surface area contributed by atoms with E-state index in [1.807, 2.05) is 7.05 Å². The molecule has 0 unspecified atom stereocenters. The first-order valence-corrected chi connectivity index (χ1v) is 4.51. The van der Waals surface area contributed by atoms with E-state index >= 15 is 0 Å². The van der Waals surface area contributed by atoms with Crippen LogP contribution in [0.5, 0.6) is 0 Å². The van der Waals surface area contributed by atoms with E-state index in [0.29, 0.717) is 18.5 Å². The van der Waals surface area contributed by atoms with E-state index in [-0.39, 0.29) is 5.92 Å². The number of nitrogens with zero attached hydrogens (tertiary/aromatic N) is 2. The third-order valence-corrected chi connectivity index (χ3v) is 2.75. The first kappa shape index (κ1) is 8.99. The van der Waals surface area contributed by atoms with Crippen LogP contribution in [-0.2, 0) is 11.8 Å². The maximum absolute atomic E-state index is 9.57. The molecule has 0 aromatic carbocycles. The second kappa shape index (κ2) is 3.29. The van der Waals surface area contributed by atoms with Crippen molar-refractivity contribution in [2.45, 2.75) is 12.0 Å². The molecule has 1 aliphatic heterocycles. The number of halogens is 1. The standard InChI is InChI=1S/C8H11ClN2O2/c1-11-6(2-10-8(11)9)5-3-13-4-7(5)12/h2,5,7,12H,3-4H2,1H3/t5-,7+/m0/s1. The lowest BCUT2D eigenvalue weighted by Gasteiger charge is -2.12. The highest BCUT2D eigenvalue weighted by atomic mass is 35.5. The summed E-state index contributed by atoms with van der Waals surface area (Å²) in [7, 11) is 1.83. The van der Waals surface area contributed by atoms with Crippen molar-refractivity contribution in [3.05, 3.63) is 17.2 Å². The second-order valence-corrected chi connectivity index (χ2v) is 3.56. The Morgan fingerprint density at radius 3 is 2.92 bits per heavy atom. The number of imidazole rings is 1. The summed E-state index contributed by atoms with van der Waals surface area (Å²) < 4.78 is 6.92. The smallest absolute Gasteiger partial charge is 0.202 e. The molecule has 0 bridgehead atoms. The molecule has 72 valence electrons. The Morgan fingerprint density at radius 1 is 1.69 bits per heavy atom. The molecule has 4 nitrogen and oxygen atoms in total. The molecular weight excluding hydrogens is 192 g/mol. The minimum absolute atomic E-state index is 0.00463. The molecule has 0 radical (unpaired) electrons. The van der Waals surface area contributed by atoms with Crippen molar-refractivity contribution in [2.24, 2.45) is 7.05 Å². The zero-order valence-corrected chi connectivity index (χ0v) is 8.03. The first-order valence-electron chi connectivity index (χ1n) is 4.13. The normalized spacial score (nSPS) is 28.2. The first-order chi connectivity index (χ1) is 6.20. The zero-order chi connectivity index (χ0) is 9.42. The summed E-state index contributed by atoms with van der Waals surface area (Å²) in [6.45, 7) is 0.935. The van der Waals surface area contributed by atoms with Crippen LogP contribution >= 0.6 is 11.6 Å². The molecule has 0 aliphatic carbocycles. The van der Waals surface area contributed by atoms with Gasteiger partial charge in [-0.15, -0.1) is 0 Å². The van der Waals surface area contributed by atoms with E-state index in [9.17, 15) is 5.11 Å². The highest BCUT2D eigenvalue weighted by Gasteiger charge is 2.30. The molecule has 0 spiro atoms. The van der Waals surface area contributed by atoms with Gasteiger partial charge in [0.25, 0.3) is 0 Å². The Bertz CT molecular complexity index is 313. The van der Waals surface area contributed by atoms with Gasteiger partial charge in [0.05, 0.1) is 31.4 Å². The minimum atomic E-state index is -0.438. The van der Waals surface area contributed by atoms with Gasteiger partial charge in [-0.3, -0.25) is 0 Å². The number of hydrogen-bond donors (Lipinski definition) is 1. The predicted octanol–water partition coefficient (Wildman–Crippen LogP) is 0.548. The second-order valence-electron chi connectivity index (χ2n) is 3.22. The quantitative estimate of drug-likeness (QED) is 0.724. The lowest BCUT2D eigenvalue weighted by atomic mass is 10.0. The summed E-state index contributed by atoms with van der Waals surface area (Å²) in [6.07, 6.45) is 1.25. The molecule has 5 heteroatoms. The van der Waals surface area contributed by atoms with E-state index in [4.69, 9.17) is 16.3 Å². The molecule has 1 aromatic heterocycles. The monoisotopic (exact) mass is 202 g/mol. The van der Waals surface area contributed by atoms with Crippen molar-refractivity contribution in [2.75, 3.05) is 13.2 Å². The lowest BCUT2D eigenvalue weighted by molar-refractivity contribution is 0.124. The van der Waals surface area contributed by atoms with Crippen molar-refractivity contribution in [1.29, 1.82) is 0 Å². The van der Waals surface area contributed by atoms with Gasteiger partial charge in [-0.05, 0) is 11.6 Å². The van der Waals surface area contributed by atoms with Gasteiger partial charge in [0, 0.05) is 12.7 Å². The fourth-order valence-corrected chi connectivity index (χ4v) is 1.72. The van der Waals surface area contributed by atoms with Gasteiger partial charge in [-0.2, -0.15) is 0 Å². The minimum Gasteiger partial charge on any atom is -0.390 e. The molecule has 1 aliphatic rings. The van der Waals surface area contributed by atoms with Gasteiger partial charge in [-0.25, -0.2) is 4.98 Å². The lowest BCUT2D eigenvalue weighted by Crippen LogP contribution is -2.18. The predicted molar refractivity (Wildman–Crippen MR) is 47.8 cm³/mol. The number of ether oxygens (including phenoxy) is 1. The van der Waals surface area contributed by atoms with E-state index in [1.165, 1.54) is 0 Å². The molecule has 0 saturated carbocycles. The number of hydrogen-bond acceptors (Lipinski definition) is 3. The Balaban J connectivity index is 2.29. The molecule has 2 atom stereocenters. The van der Waals surface area contributed by atoms with Crippen LogP contribution in [0.1, 0.15) is 11.6 Å². The molecular formula is C8H11ClN2O2. The van der Waals surface area contributed by atoms with E-state index < -0.39 is 6.10 Å². The summed E-state index contributed by atoms with van der Waals surface area (Å²) in [5.41, 5.74) is 0.926. The molecule has 1 aromatic rings. The fraction of sp³-hybridized carbons (Fsp3) is 0.625. The van der Waals surface area contributed by atoms with Gasteiger partial charge < -0.3 is 14.4 Å². The summed E-state index contributed by atoms with van der Waals surface area (Å²) in [5, 5.41) is 10.0. The summed E-state index contributed by atoms with van der Waals surface area (Å²) in [4.78, 5) is 3.96. The van der Waals surface area contributed by atoms with Crippen LogP contribution in [0.3, 0.4) is 0 Å². The van der Waals surface area contributed by atoms with Crippen molar-refractivity contribution in [3.8, 4) is 0 Å².